The number of anilines is 2. The number of rotatable bonds is 3. The molecule has 0 aromatic carbocycles. The predicted molar refractivity (Wildman–Crippen MR) is 104 cm³/mol. The number of aromatic nitrogens is 4. The van der Waals surface area contributed by atoms with Crippen LogP contribution in [0.3, 0.4) is 0 Å². The number of hydrogen-bond donors (Lipinski definition) is 0. The molecule has 1 fully saturated rings. The van der Waals surface area contributed by atoms with Crippen molar-refractivity contribution in [1.82, 2.24) is 19.9 Å². The Morgan fingerprint density at radius 3 is 2.76 bits per heavy atom. The molecule has 29 heavy (non-hydrogen) atoms. The number of halogens is 2. The van der Waals surface area contributed by atoms with Gasteiger partial charge in [-0.1, -0.05) is 0 Å². The second kappa shape index (κ2) is 7.11. The van der Waals surface area contributed by atoms with E-state index < -0.39 is 12.1 Å². The van der Waals surface area contributed by atoms with Crippen LogP contribution in [0.25, 0.3) is 10.6 Å². The van der Waals surface area contributed by atoms with Crippen LogP contribution in [0, 0.1) is 5.95 Å². The van der Waals surface area contributed by atoms with Crippen molar-refractivity contribution in [3.8, 4) is 10.6 Å². The maximum atomic E-state index is 14.7. The van der Waals surface area contributed by atoms with E-state index in [1.165, 1.54) is 6.33 Å². The standard InChI is InChI=1S/C19H16F2N6OS/c20-11-4-7-26(9-11)15-2-1-12(17(21)25-15)18-24-13-5-8-27(19(28)16(13)29-18)14-3-6-22-10-23-14/h1-3,6,10-11H,4-5,7-9H2. The Kier molecular flexibility index (Phi) is 4.42. The number of hydrogen-bond acceptors (Lipinski definition) is 7. The average Bonchev–Trinajstić information content (AvgIpc) is 3.36. The Labute approximate surface area is 169 Å². The zero-order chi connectivity index (χ0) is 20.0. The SMILES string of the molecule is O=C1c2sc(-c3ccc(N4CCC(F)C4)nc3F)nc2CCN1c1ccncn1. The maximum absolute atomic E-state index is 14.7. The summed E-state index contributed by atoms with van der Waals surface area (Å²) in [6.45, 7) is 1.20. The van der Waals surface area contributed by atoms with E-state index in [2.05, 4.69) is 19.9 Å². The van der Waals surface area contributed by atoms with Crippen LogP contribution in [0.4, 0.5) is 20.4 Å². The lowest BCUT2D eigenvalue weighted by Crippen LogP contribution is -2.37. The minimum Gasteiger partial charge on any atom is -0.353 e. The molecule has 148 valence electrons. The fourth-order valence-corrected chi connectivity index (χ4v) is 4.67. The third-order valence-electron chi connectivity index (χ3n) is 5.07. The summed E-state index contributed by atoms with van der Waals surface area (Å²) in [4.78, 5) is 33.2. The summed E-state index contributed by atoms with van der Waals surface area (Å²) in [6.07, 6.45) is 3.05. The van der Waals surface area contributed by atoms with Crippen molar-refractivity contribution in [3.05, 3.63) is 47.2 Å². The van der Waals surface area contributed by atoms with Gasteiger partial charge >= 0.3 is 0 Å². The Morgan fingerprint density at radius 2 is 2.03 bits per heavy atom. The molecule has 2 aliphatic rings. The van der Waals surface area contributed by atoms with Gasteiger partial charge in [0, 0.05) is 25.7 Å². The van der Waals surface area contributed by atoms with Gasteiger partial charge in [0.2, 0.25) is 5.95 Å². The van der Waals surface area contributed by atoms with E-state index >= 15 is 0 Å². The molecular weight excluding hydrogens is 398 g/mol. The van der Waals surface area contributed by atoms with Gasteiger partial charge in [0.1, 0.15) is 34.0 Å². The van der Waals surface area contributed by atoms with Crippen molar-refractivity contribution in [2.45, 2.75) is 19.0 Å². The van der Waals surface area contributed by atoms with Gasteiger partial charge in [-0.2, -0.15) is 4.39 Å². The highest BCUT2D eigenvalue weighted by Crippen LogP contribution is 2.34. The lowest BCUT2D eigenvalue weighted by Gasteiger charge is -2.24. The van der Waals surface area contributed by atoms with E-state index in [1.807, 2.05) is 0 Å². The highest BCUT2D eigenvalue weighted by molar-refractivity contribution is 7.17. The maximum Gasteiger partial charge on any atom is 0.271 e. The molecule has 10 heteroatoms. The summed E-state index contributed by atoms with van der Waals surface area (Å²) in [5.74, 6) is 0.0686. The molecule has 5 heterocycles. The Balaban J connectivity index is 1.43. The van der Waals surface area contributed by atoms with Gasteiger partial charge in [0.05, 0.1) is 17.8 Å². The van der Waals surface area contributed by atoms with Crippen LogP contribution in [0.15, 0.2) is 30.7 Å². The third kappa shape index (κ3) is 3.23. The molecule has 1 atom stereocenters. The minimum atomic E-state index is -0.908. The number of carbonyl (C=O) groups excluding carboxylic acids is 1. The average molecular weight is 414 g/mol. The zero-order valence-corrected chi connectivity index (χ0v) is 16.1. The molecule has 1 saturated heterocycles. The molecule has 0 saturated carbocycles. The summed E-state index contributed by atoms with van der Waals surface area (Å²) in [5, 5.41) is 0.411. The monoisotopic (exact) mass is 414 g/mol. The second-order valence-electron chi connectivity index (χ2n) is 6.91. The van der Waals surface area contributed by atoms with E-state index in [-0.39, 0.29) is 18.0 Å². The molecule has 3 aromatic heterocycles. The van der Waals surface area contributed by atoms with Crippen LogP contribution in [0.5, 0.6) is 0 Å². The molecule has 0 spiro atoms. The smallest absolute Gasteiger partial charge is 0.271 e. The van der Waals surface area contributed by atoms with Crippen LogP contribution in [-0.2, 0) is 6.42 Å². The summed E-state index contributed by atoms with van der Waals surface area (Å²) >= 11 is 1.15. The Hall–Kier alpha value is -3.01. The number of nitrogens with zero attached hydrogens (tertiary/aromatic N) is 6. The van der Waals surface area contributed by atoms with Gasteiger partial charge in [-0.05, 0) is 24.6 Å². The summed E-state index contributed by atoms with van der Waals surface area (Å²) < 4.78 is 28.1. The van der Waals surface area contributed by atoms with Crippen LogP contribution in [0.1, 0.15) is 21.8 Å². The normalized spacial score (nSPS) is 19.0. The molecule has 0 aliphatic carbocycles. The largest absolute Gasteiger partial charge is 0.353 e. The van der Waals surface area contributed by atoms with E-state index in [1.54, 1.807) is 34.2 Å². The summed E-state index contributed by atoms with van der Waals surface area (Å²) in [5.41, 5.74) is 0.897. The molecule has 3 aromatic rings. The Bertz CT molecular complexity index is 1080. The number of thiazole rings is 1. The van der Waals surface area contributed by atoms with Gasteiger partial charge in [-0.25, -0.2) is 24.3 Å². The first-order valence-electron chi connectivity index (χ1n) is 9.23. The van der Waals surface area contributed by atoms with E-state index in [9.17, 15) is 13.6 Å². The van der Waals surface area contributed by atoms with E-state index in [0.29, 0.717) is 53.1 Å². The molecule has 7 nitrogen and oxygen atoms in total. The summed E-state index contributed by atoms with van der Waals surface area (Å²) in [6, 6.07) is 4.94. The fourth-order valence-electron chi connectivity index (χ4n) is 3.59. The molecule has 2 aliphatic heterocycles. The molecule has 1 amide bonds. The third-order valence-corrected chi connectivity index (χ3v) is 6.19. The van der Waals surface area contributed by atoms with Gasteiger partial charge in [0.25, 0.3) is 5.91 Å². The first kappa shape index (κ1) is 18.0. The van der Waals surface area contributed by atoms with Crippen molar-refractivity contribution in [1.29, 1.82) is 0 Å². The molecular formula is C19H16F2N6OS. The van der Waals surface area contributed by atoms with Crippen molar-refractivity contribution in [2.24, 2.45) is 0 Å². The van der Waals surface area contributed by atoms with Crippen LogP contribution < -0.4 is 9.80 Å². The lowest BCUT2D eigenvalue weighted by atomic mass is 10.1. The topological polar surface area (TPSA) is 75.1 Å². The number of fused-ring (bicyclic) bond motifs is 1. The van der Waals surface area contributed by atoms with Crippen molar-refractivity contribution < 1.29 is 13.6 Å². The van der Waals surface area contributed by atoms with Gasteiger partial charge in [-0.15, -0.1) is 11.3 Å². The van der Waals surface area contributed by atoms with Gasteiger partial charge in [0.15, 0.2) is 0 Å². The molecule has 5 rings (SSSR count). The predicted octanol–water partition coefficient (Wildman–Crippen LogP) is 2.89. The number of pyridine rings is 1. The molecule has 0 radical (unpaired) electrons. The zero-order valence-electron chi connectivity index (χ0n) is 15.3. The van der Waals surface area contributed by atoms with E-state index in [4.69, 9.17) is 0 Å². The van der Waals surface area contributed by atoms with Gasteiger partial charge < -0.3 is 4.90 Å². The first-order chi connectivity index (χ1) is 14.1. The molecule has 0 bridgehead atoms. The fraction of sp³-hybridized carbons (Fsp3) is 0.316. The highest BCUT2D eigenvalue weighted by atomic mass is 32.1. The van der Waals surface area contributed by atoms with Crippen molar-refractivity contribution in [2.75, 3.05) is 29.4 Å². The number of alkyl halides is 1. The number of amides is 1. The van der Waals surface area contributed by atoms with Crippen LogP contribution >= 0.6 is 11.3 Å². The summed E-state index contributed by atoms with van der Waals surface area (Å²) in [7, 11) is 0. The highest BCUT2D eigenvalue weighted by Gasteiger charge is 2.31. The second-order valence-corrected chi connectivity index (χ2v) is 7.91. The number of carbonyl (C=O) groups is 1. The van der Waals surface area contributed by atoms with Crippen LogP contribution in [0.2, 0.25) is 0 Å². The van der Waals surface area contributed by atoms with Crippen LogP contribution in [-0.4, -0.2) is 51.6 Å². The van der Waals surface area contributed by atoms with Crippen molar-refractivity contribution in [3.63, 3.8) is 0 Å². The van der Waals surface area contributed by atoms with E-state index in [0.717, 1.165) is 11.3 Å². The molecule has 1 unspecified atom stereocenters. The van der Waals surface area contributed by atoms with Gasteiger partial charge in [-0.3, -0.25) is 9.69 Å². The molecule has 0 N–H and O–H groups in total. The Morgan fingerprint density at radius 1 is 1.14 bits per heavy atom. The minimum absolute atomic E-state index is 0.204. The first-order valence-corrected chi connectivity index (χ1v) is 10.1. The quantitative estimate of drug-likeness (QED) is 0.614. The lowest BCUT2D eigenvalue weighted by molar-refractivity contribution is 0.0983. The van der Waals surface area contributed by atoms with Crippen molar-refractivity contribution >= 4 is 28.9 Å².